The van der Waals surface area contributed by atoms with Crippen molar-refractivity contribution < 1.29 is 0 Å². The second kappa shape index (κ2) is 10.8. The highest BCUT2D eigenvalue weighted by Gasteiger charge is 2.16. The maximum Gasteiger partial charge on any atom is 0.160 e. The fraction of sp³-hybridized carbons (Fsp3) is 0. The maximum atomic E-state index is 5.26. The summed E-state index contributed by atoms with van der Waals surface area (Å²) in [6.45, 7) is 0. The summed E-state index contributed by atoms with van der Waals surface area (Å²) in [7, 11) is 0. The molecule has 7 aromatic carbocycles. The van der Waals surface area contributed by atoms with Crippen LogP contribution in [0, 0.1) is 0 Å². The fourth-order valence-corrected chi connectivity index (χ4v) is 6.66. The highest BCUT2D eigenvalue weighted by Crippen LogP contribution is 2.40. The van der Waals surface area contributed by atoms with Crippen LogP contribution in [0.2, 0.25) is 0 Å². The van der Waals surface area contributed by atoms with Gasteiger partial charge in [0, 0.05) is 29.1 Å². The van der Waals surface area contributed by atoms with E-state index in [0.29, 0.717) is 5.82 Å². The summed E-state index contributed by atoms with van der Waals surface area (Å²) in [6, 6.07) is 53.6. The molecule has 0 aliphatic heterocycles. The van der Waals surface area contributed by atoms with E-state index in [1.165, 1.54) is 37.9 Å². The van der Waals surface area contributed by atoms with Crippen LogP contribution in [0.5, 0.6) is 0 Å². The molecule has 0 aliphatic carbocycles. The van der Waals surface area contributed by atoms with Crippen LogP contribution in [0.1, 0.15) is 0 Å². The van der Waals surface area contributed by atoms with Crippen LogP contribution in [-0.2, 0) is 0 Å². The first-order valence-electron chi connectivity index (χ1n) is 15.5. The van der Waals surface area contributed by atoms with E-state index in [9.17, 15) is 0 Å². The Balaban J connectivity index is 1.25. The van der Waals surface area contributed by atoms with Crippen molar-refractivity contribution in [1.29, 1.82) is 0 Å². The van der Waals surface area contributed by atoms with Gasteiger partial charge in [0.25, 0.3) is 0 Å². The van der Waals surface area contributed by atoms with Crippen molar-refractivity contribution in [3.05, 3.63) is 164 Å². The van der Waals surface area contributed by atoms with E-state index in [1.54, 1.807) is 6.20 Å². The van der Waals surface area contributed by atoms with Gasteiger partial charge in [0.2, 0.25) is 0 Å². The first-order chi connectivity index (χ1) is 22.8. The Hall–Kier alpha value is -6.19. The average molecular weight is 586 g/mol. The van der Waals surface area contributed by atoms with E-state index in [0.717, 1.165) is 44.8 Å². The molecule has 0 amide bonds. The van der Waals surface area contributed by atoms with E-state index >= 15 is 0 Å². The van der Waals surface area contributed by atoms with Gasteiger partial charge in [-0.05, 0) is 72.8 Å². The largest absolute Gasteiger partial charge is 0.264 e. The molecular weight excluding hydrogens is 558 g/mol. The number of benzene rings is 7. The fourth-order valence-electron chi connectivity index (χ4n) is 6.66. The zero-order valence-electron chi connectivity index (χ0n) is 24.9. The minimum atomic E-state index is 0.701. The quantitative estimate of drug-likeness (QED) is 0.189. The molecule has 0 atom stereocenters. The van der Waals surface area contributed by atoms with Crippen molar-refractivity contribution in [2.24, 2.45) is 0 Å². The van der Waals surface area contributed by atoms with Gasteiger partial charge in [0.05, 0.1) is 11.4 Å². The number of rotatable bonds is 5. The van der Waals surface area contributed by atoms with Crippen molar-refractivity contribution in [2.45, 2.75) is 0 Å². The number of hydrogen-bond donors (Lipinski definition) is 0. The normalized spacial score (nSPS) is 11.5. The third kappa shape index (κ3) is 4.49. The molecule has 9 aromatic rings. The molecule has 46 heavy (non-hydrogen) atoms. The Morgan fingerprint density at radius 1 is 0.370 bits per heavy atom. The minimum absolute atomic E-state index is 0.701. The van der Waals surface area contributed by atoms with E-state index in [-0.39, 0.29) is 0 Å². The number of nitrogens with zero attached hydrogens (tertiary/aromatic N) is 3. The molecule has 0 radical (unpaired) electrons. The monoisotopic (exact) mass is 585 g/mol. The molecule has 2 aromatic heterocycles. The third-order valence-electron chi connectivity index (χ3n) is 8.93. The molecule has 0 N–H and O–H groups in total. The smallest absolute Gasteiger partial charge is 0.160 e. The summed E-state index contributed by atoms with van der Waals surface area (Å²) in [5, 5.41) is 7.52. The molecule has 0 saturated carbocycles. The van der Waals surface area contributed by atoms with E-state index < -0.39 is 0 Å². The Morgan fingerprint density at radius 3 is 1.80 bits per heavy atom. The van der Waals surface area contributed by atoms with Gasteiger partial charge < -0.3 is 0 Å². The van der Waals surface area contributed by atoms with Crippen LogP contribution in [0.25, 0.3) is 88.5 Å². The summed E-state index contributed by atoms with van der Waals surface area (Å²) in [5.74, 6) is 0.701. The standard InChI is InChI=1S/C43H27N3/c1-2-7-28(8-3-1)34-11-5-12-35(25-34)43-45-39(30-16-14-29(15-17-30)36-13-6-24-44-27-36)26-40(46-43)37-22-20-33-19-18-31-9-4-10-32-21-23-38(37)42(33)41(31)32/h1-27H. The van der Waals surface area contributed by atoms with Crippen LogP contribution in [0.3, 0.4) is 0 Å². The molecule has 2 heterocycles. The average Bonchev–Trinajstić information content (AvgIpc) is 3.14. The molecule has 3 heteroatoms. The van der Waals surface area contributed by atoms with Crippen LogP contribution in [-0.4, -0.2) is 15.0 Å². The van der Waals surface area contributed by atoms with E-state index in [1.807, 2.05) is 18.3 Å². The van der Waals surface area contributed by atoms with Gasteiger partial charge in [0.15, 0.2) is 5.82 Å². The van der Waals surface area contributed by atoms with Gasteiger partial charge in [-0.25, -0.2) is 9.97 Å². The van der Waals surface area contributed by atoms with E-state index in [4.69, 9.17) is 9.97 Å². The summed E-state index contributed by atoms with van der Waals surface area (Å²) in [6.07, 6.45) is 3.69. The maximum absolute atomic E-state index is 5.26. The van der Waals surface area contributed by atoms with Crippen molar-refractivity contribution in [1.82, 2.24) is 15.0 Å². The van der Waals surface area contributed by atoms with Gasteiger partial charge in [-0.2, -0.15) is 0 Å². The Kier molecular flexibility index (Phi) is 6.14. The lowest BCUT2D eigenvalue weighted by Gasteiger charge is -2.15. The molecular formula is C43H27N3. The van der Waals surface area contributed by atoms with Gasteiger partial charge in [-0.3, -0.25) is 4.98 Å². The summed E-state index contributed by atoms with van der Waals surface area (Å²) in [4.78, 5) is 14.7. The second-order valence-corrected chi connectivity index (χ2v) is 11.7. The molecule has 0 saturated heterocycles. The third-order valence-corrected chi connectivity index (χ3v) is 8.93. The van der Waals surface area contributed by atoms with Crippen LogP contribution < -0.4 is 0 Å². The Labute approximate surface area is 266 Å². The van der Waals surface area contributed by atoms with E-state index in [2.05, 4.69) is 145 Å². The van der Waals surface area contributed by atoms with Crippen LogP contribution in [0.4, 0.5) is 0 Å². The van der Waals surface area contributed by atoms with Gasteiger partial charge in [-0.1, -0.05) is 133 Å². The van der Waals surface area contributed by atoms with Crippen molar-refractivity contribution in [2.75, 3.05) is 0 Å². The molecule has 214 valence electrons. The lowest BCUT2D eigenvalue weighted by molar-refractivity contribution is 1.19. The summed E-state index contributed by atoms with van der Waals surface area (Å²) >= 11 is 0. The lowest BCUT2D eigenvalue weighted by Crippen LogP contribution is -1.97. The van der Waals surface area contributed by atoms with Crippen molar-refractivity contribution in [3.8, 4) is 56.2 Å². The molecule has 0 fully saturated rings. The first-order valence-corrected chi connectivity index (χ1v) is 15.5. The first kappa shape index (κ1) is 26.2. The predicted molar refractivity (Wildman–Crippen MR) is 191 cm³/mol. The second-order valence-electron chi connectivity index (χ2n) is 11.7. The van der Waals surface area contributed by atoms with Crippen molar-refractivity contribution in [3.63, 3.8) is 0 Å². The zero-order chi connectivity index (χ0) is 30.5. The van der Waals surface area contributed by atoms with Gasteiger partial charge in [-0.15, -0.1) is 0 Å². The molecule has 0 spiro atoms. The minimum Gasteiger partial charge on any atom is -0.264 e. The lowest BCUT2D eigenvalue weighted by atomic mass is 9.91. The number of aromatic nitrogens is 3. The molecule has 0 unspecified atom stereocenters. The summed E-state index contributed by atoms with van der Waals surface area (Å²) < 4.78 is 0. The Bertz CT molecular complexity index is 2490. The SMILES string of the molecule is c1ccc(-c2cccc(-c3nc(-c4ccc(-c5cccnc5)cc4)cc(-c4ccc5ccc6cccc7ccc4c5c67)n3)c2)cc1. The van der Waals surface area contributed by atoms with Gasteiger partial charge in [0.1, 0.15) is 0 Å². The Morgan fingerprint density at radius 2 is 1.00 bits per heavy atom. The highest BCUT2D eigenvalue weighted by atomic mass is 14.9. The number of hydrogen-bond acceptors (Lipinski definition) is 3. The van der Waals surface area contributed by atoms with Crippen LogP contribution in [0.15, 0.2) is 164 Å². The van der Waals surface area contributed by atoms with Gasteiger partial charge >= 0.3 is 0 Å². The zero-order valence-corrected chi connectivity index (χ0v) is 24.9. The molecule has 3 nitrogen and oxygen atoms in total. The highest BCUT2D eigenvalue weighted by molar-refractivity contribution is 6.25. The van der Waals surface area contributed by atoms with Crippen LogP contribution >= 0.6 is 0 Å². The van der Waals surface area contributed by atoms with Crippen molar-refractivity contribution >= 4 is 32.3 Å². The number of pyridine rings is 1. The predicted octanol–water partition coefficient (Wildman–Crippen LogP) is 11.1. The topological polar surface area (TPSA) is 38.7 Å². The molecule has 9 rings (SSSR count). The summed E-state index contributed by atoms with van der Waals surface area (Å²) in [5.41, 5.74) is 9.41. The molecule has 0 bridgehead atoms. The molecule has 0 aliphatic rings.